The van der Waals surface area contributed by atoms with E-state index in [4.69, 9.17) is 9.47 Å². The van der Waals surface area contributed by atoms with Crippen molar-refractivity contribution in [2.45, 2.75) is 0 Å². The molecule has 0 saturated heterocycles. The van der Waals surface area contributed by atoms with Gasteiger partial charge in [0.05, 0.1) is 7.11 Å². The Bertz CT molecular complexity index is 460. The highest BCUT2D eigenvalue weighted by Gasteiger charge is 1.99. The maximum absolute atomic E-state index is 5.62. The van der Waals surface area contributed by atoms with Gasteiger partial charge in [0.2, 0.25) is 0 Å². The number of para-hydroxylation sites is 1. The molecular formula is C14H14O2S. The van der Waals surface area contributed by atoms with Crippen molar-refractivity contribution in [1.29, 1.82) is 0 Å². The van der Waals surface area contributed by atoms with E-state index in [9.17, 15) is 0 Å². The van der Waals surface area contributed by atoms with Crippen LogP contribution in [0.2, 0.25) is 0 Å². The number of thiophene rings is 1. The molecule has 0 spiro atoms. The van der Waals surface area contributed by atoms with Crippen molar-refractivity contribution in [1.82, 2.24) is 0 Å². The fourth-order valence-electron chi connectivity index (χ4n) is 1.36. The number of hydrogen-bond acceptors (Lipinski definition) is 3. The van der Waals surface area contributed by atoms with Gasteiger partial charge in [0.25, 0.3) is 0 Å². The van der Waals surface area contributed by atoms with Gasteiger partial charge in [-0.1, -0.05) is 24.3 Å². The average molecular weight is 246 g/mol. The predicted molar refractivity (Wildman–Crippen MR) is 71.2 cm³/mol. The molecule has 0 bridgehead atoms. The van der Waals surface area contributed by atoms with Gasteiger partial charge in [-0.25, -0.2) is 0 Å². The Morgan fingerprint density at radius 3 is 2.65 bits per heavy atom. The van der Waals surface area contributed by atoms with Crippen LogP contribution in [-0.4, -0.2) is 13.7 Å². The molecule has 0 unspecified atom stereocenters. The Kier molecular flexibility index (Phi) is 4.22. The van der Waals surface area contributed by atoms with E-state index in [2.05, 4.69) is 0 Å². The van der Waals surface area contributed by atoms with Crippen molar-refractivity contribution in [3.8, 4) is 5.75 Å². The minimum Gasteiger partial charge on any atom is -0.497 e. The number of hydrogen-bond donors (Lipinski definition) is 0. The van der Waals surface area contributed by atoms with E-state index in [1.165, 1.54) is 4.88 Å². The molecule has 0 N–H and O–H groups in total. The minimum absolute atomic E-state index is 0.443. The maximum atomic E-state index is 5.62. The molecule has 0 aliphatic rings. The highest BCUT2D eigenvalue weighted by molar-refractivity contribution is 7.10. The van der Waals surface area contributed by atoms with Gasteiger partial charge in [0, 0.05) is 4.88 Å². The number of rotatable bonds is 5. The van der Waals surface area contributed by atoms with Crippen LogP contribution in [0.25, 0.3) is 6.08 Å². The molecule has 0 saturated carbocycles. The Hall–Kier alpha value is -1.74. The van der Waals surface area contributed by atoms with Crippen LogP contribution in [0.3, 0.4) is 0 Å². The third-order valence-electron chi connectivity index (χ3n) is 2.23. The minimum atomic E-state index is 0.443. The van der Waals surface area contributed by atoms with Crippen LogP contribution in [0.15, 0.2) is 53.6 Å². The first kappa shape index (κ1) is 11.7. The van der Waals surface area contributed by atoms with Crippen LogP contribution in [0, 0.1) is 0 Å². The summed E-state index contributed by atoms with van der Waals surface area (Å²) in [5, 5.41) is 2.04. The summed E-state index contributed by atoms with van der Waals surface area (Å²) in [7, 11) is 1.66. The van der Waals surface area contributed by atoms with Crippen LogP contribution in [-0.2, 0) is 4.74 Å². The molecule has 0 atom stereocenters. The first-order valence-electron chi connectivity index (χ1n) is 5.34. The van der Waals surface area contributed by atoms with Gasteiger partial charge in [-0.2, -0.15) is 0 Å². The molecule has 0 fully saturated rings. The van der Waals surface area contributed by atoms with Gasteiger partial charge in [0.15, 0.2) is 0 Å². The van der Waals surface area contributed by atoms with E-state index in [1.807, 2.05) is 53.9 Å². The quantitative estimate of drug-likeness (QED) is 0.747. The summed E-state index contributed by atoms with van der Waals surface area (Å²) in [6, 6.07) is 13.8. The molecule has 1 aromatic carbocycles. The Labute approximate surface area is 105 Å². The van der Waals surface area contributed by atoms with Gasteiger partial charge in [0.1, 0.15) is 18.1 Å². The molecule has 0 amide bonds. The van der Waals surface area contributed by atoms with E-state index >= 15 is 0 Å². The van der Waals surface area contributed by atoms with Crippen molar-refractivity contribution < 1.29 is 9.47 Å². The summed E-state index contributed by atoms with van der Waals surface area (Å²) in [6.45, 7) is 0.443. The molecular weight excluding hydrogens is 232 g/mol. The highest BCUT2D eigenvalue weighted by Crippen LogP contribution is 2.15. The molecule has 0 radical (unpaired) electrons. The maximum Gasteiger partial charge on any atom is 0.145 e. The lowest BCUT2D eigenvalue weighted by atomic mass is 10.3. The second-order valence-electron chi connectivity index (χ2n) is 3.43. The lowest BCUT2D eigenvalue weighted by Crippen LogP contribution is -2.02. The van der Waals surface area contributed by atoms with Crippen LogP contribution in [0.4, 0.5) is 0 Å². The van der Waals surface area contributed by atoms with Gasteiger partial charge in [-0.15, -0.1) is 11.3 Å². The number of benzene rings is 1. The fourth-order valence-corrected chi connectivity index (χ4v) is 2.03. The predicted octanol–water partition coefficient (Wildman–Crippen LogP) is 3.81. The summed E-state index contributed by atoms with van der Waals surface area (Å²) in [5.41, 5.74) is 0. The standard InChI is InChI=1S/C14H14O2S/c1-15-13(10-14-8-5-9-17-14)11-16-12-6-3-2-4-7-12/h2-10H,11H2,1H3/b13-10-. The van der Waals surface area contributed by atoms with Crippen LogP contribution < -0.4 is 4.74 Å². The summed E-state index contributed by atoms with van der Waals surface area (Å²) >= 11 is 1.68. The van der Waals surface area contributed by atoms with Crippen molar-refractivity contribution in [2.75, 3.05) is 13.7 Å². The lowest BCUT2D eigenvalue weighted by Gasteiger charge is -2.08. The van der Waals surface area contributed by atoms with E-state index < -0.39 is 0 Å². The first-order chi connectivity index (χ1) is 8.38. The molecule has 2 rings (SSSR count). The summed E-state index contributed by atoms with van der Waals surface area (Å²) < 4.78 is 10.9. The zero-order valence-corrected chi connectivity index (χ0v) is 10.4. The highest BCUT2D eigenvalue weighted by atomic mass is 32.1. The van der Waals surface area contributed by atoms with E-state index in [0.717, 1.165) is 11.5 Å². The Balaban J connectivity index is 1.97. The van der Waals surface area contributed by atoms with Gasteiger partial charge in [-0.3, -0.25) is 0 Å². The van der Waals surface area contributed by atoms with Crippen LogP contribution in [0.1, 0.15) is 4.88 Å². The van der Waals surface area contributed by atoms with Gasteiger partial charge >= 0.3 is 0 Å². The zero-order chi connectivity index (χ0) is 11.9. The largest absolute Gasteiger partial charge is 0.497 e. The average Bonchev–Trinajstić information content (AvgIpc) is 2.88. The second-order valence-corrected chi connectivity index (χ2v) is 4.41. The lowest BCUT2D eigenvalue weighted by molar-refractivity contribution is 0.222. The number of ether oxygens (including phenoxy) is 2. The number of methoxy groups -OCH3 is 1. The molecule has 17 heavy (non-hydrogen) atoms. The van der Waals surface area contributed by atoms with Crippen LogP contribution >= 0.6 is 11.3 Å². The second kappa shape index (κ2) is 6.11. The third kappa shape index (κ3) is 3.64. The Morgan fingerprint density at radius 1 is 1.18 bits per heavy atom. The van der Waals surface area contributed by atoms with Gasteiger partial charge < -0.3 is 9.47 Å². The first-order valence-corrected chi connectivity index (χ1v) is 6.22. The third-order valence-corrected chi connectivity index (χ3v) is 3.05. The topological polar surface area (TPSA) is 18.5 Å². The summed E-state index contributed by atoms with van der Waals surface area (Å²) in [5.74, 6) is 1.66. The van der Waals surface area contributed by atoms with Crippen molar-refractivity contribution in [2.24, 2.45) is 0 Å². The van der Waals surface area contributed by atoms with Crippen molar-refractivity contribution >= 4 is 17.4 Å². The molecule has 0 aliphatic heterocycles. The Morgan fingerprint density at radius 2 is 2.00 bits per heavy atom. The molecule has 2 nitrogen and oxygen atoms in total. The molecule has 3 heteroatoms. The van der Waals surface area contributed by atoms with E-state index in [-0.39, 0.29) is 0 Å². The molecule has 1 heterocycles. The van der Waals surface area contributed by atoms with Gasteiger partial charge in [-0.05, 0) is 29.7 Å². The zero-order valence-electron chi connectivity index (χ0n) is 9.63. The van der Waals surface area contributed by atoms with Crippen molar-refractivity contribution in [3.63, 3.8) is 0 Å². The van der Waals surface area contributed by atoms with E-state index in [1.54, 1.807) is 18.4 Å². The van der Waals surface area contributed by atoms with Crippen LogP contribution in [0.5, 0.6) is 5.75 Å². The summed E-state index contributed by atoms with van der Waals surface area (Å²) in [6.07, 6.45) is 1.99. The monoisotopic (exact) mass is 246 g/mol. The fraction of sp³-hybridized carbons (Fsp3) is 0.143. The molecule has 1 aromatic heterocycles. The molecule has 88 valence electrons. The van der Waals surface area contributed by atoms with Crippen molar-refractivity contribution in [3.05, 3.63) is 58.5 Å². The molecule has 2 aromatic rings. The normalized spacial score (nSPS) is 11.2. The molecule has 0 aliphatic carbocycles. The SMILES string of the molecule is CO/C(=C\c1cccs1)COc1ccccc1. The van der Waals surface area contributed by atoms with E-state index in [0.29, 0.717) is 6.61 Å². The summed E-state index contributed by atoms with van der Waals surface area (Å²) in [4.78, 5) is 1.17. The smallest absolute Gasteiger partial charge is 0.145 e.